The van der Waals surface area contributed by atoms with Crippen molar-refractivity contribution < 1.29 is 4.79 Å². The Labute approximate surface area is 93.5 Å². The highest BCUT2D eigenvalue weighted by Crippen LogP contribution is 2.13. The number of hydrogen-bond acceptors (Lipinski definition) is 4. The summed E-state index contributed by atoms with van der Waals surface area (Å²) in [5.41, 5.74) is 6.37. The minimum absolute atomic E-state index is 0.264. The topological polar surface area (TPSA) is 78.9 Å². The fourth-order valence-electron chi connectivity index (χ4n) is 0.998. The van der Waals surface area contributed by atoms with Crippen molar-refractivity contribution in [2.24, 2.45) is 5.73 Å². The molecule has 1 amide bonds. The SMILES string of the molecule is N#Cc1ccccc1NC(=O)C(N)CS. The van der Waals surface area contributed by atoms with Crippen molar-refractivity contribution >= 4 is 24.2 Å². The van der Waals surface area contributed by atoms with Crippen LogP contribution >= 0.6 is 12.6 Å². The molecule has 0 saturated heterocycles. The van der Waals surface area contributed by atoms with Crippen LogP contribution in [-0.2, 0) is 4.79 Å². The van der Waals surface area contributed by atoms with Gasteiger partial charge in [-0.2, -0.15) is 17.9 Å². The molecule has 0 fully saturated rings. The average molecular weight is 221 g/mol. The third kappa shape index (κ3) is 2.98. The highest BCUT2D eigenvalue weighted by atomic mass is 32.1. The van der Waals surface area contributed by atoms with Crippen molar-refractivity contribution in [2.75, 3.05) is 11.1 Å². The van der Waals surface area contributed by atoms with E-state index in [0.717, 1.165) is 0 Å². The van der Waals surface area contributed by atoms with Crippen LogP contribution in [0.4, 0.5) is 5.69 Å². The van der Waals surface area contributed by atoms with E-state index in [4.69, 9.17) is 11.0 Å². The molecule has 1 rings (SSSR count). The van der Waals surface area contributed by atoms with Crippen molar-refractivity contribution in [3.05, 3.63) is 29.8 Å². The van der Waals surface area contributed by atoms with Crippen LogP contribution in [0.3, 0.4) is 0 Å². The van der Waals surface area contributed by atoms with Gasteiger partial charge >= 0.3 is 0 Å². The number of thiol groups is 1. The van der Waals surface area contributed by atoms with Crippen molar-refractivity contribution in [2.45, 2.75) is 6.04 Å². The van der Waals surface area contributed by atoms with Crippen LogP contribution in [0.15, 0.2) is 24.3 Å². The third-order valence-electron chi connectivity index (χ3n) is 1.84. The fraction of sp³-hybridized carbons (Fsp3) is 0.200. The molecule has 78 valence electrons. The van der Waals surface area contributed by atoms with Gasteiger partial charge in [-0.3, -0.25) is 4.79 Å². The number of nitrogens with two attached hydrogens (primary N) is 1. The summed E-state index contributed by atoms with van der Waals surface area (Å²) in [6.07, 6.45) is 0. The van der Waals surface area contributed by atoms with Crippen LogP contribution in [-0.4, -0.2) is 17.7 Å². The number of carbonyl (C=O) groups excluding carboxylic acids is 1. The van der Waals surface area contributed by atoms with Crippen LogP contribution in [0, 0.1) is 11.3 Å². The standard InChI is InChI=1S/C10H11N3OS/c11-5-7-3-1-2-4-9(7)13-10(14)8(12)6-15/h1-4,8,15H,6,12H2,(H,13,14). The quantitative estimate of drug-likeness (QED) is 0.659. The molecular formula is C10H11N3OS. The lowest BCUT2D eigenvalue weighted by atomic mass is 10.2. The third-order valence-corrected chi connectivity index (χ3v) is 2.23. The highest BCUT2D eigenvalue weighted by Gasteiger charge is 2.12. The largest absolute Gasteiger partial charge is 0.324 e. The van der Waals surface area contributed by atoms with Crippen LogP contribution < -0.4 is 11.1 Å². The smallest absolute Gasteiger partial charge is 0.242 e. The van der Waals surface area contributed by atoms with Gasteiger partial charge in [0.1, 0.15) is 6.07 Å². The minimum atomic E-state index is -0.667. The molecule has 5 heteroatoms. The fourth-order valence-corrected chi connectivity index (χ4v) is 1.16. The van der Waals surface area contributed by atoms with E-state index in [-0.39, 0.29) is 11.7 Å². The number of para-hydroxylation sites is 1. The summed E-state index contributed by atoms with van der Waals surface area (Å²) >= 11 is 3.92. The van der Waals surface area contributed by atoms with Crippen LogP contribution in [0.25, 0.3) is 0 Å². The van der Waals surface area contributed by atoms with Crippen molar-refractivity contribution in [1.82, 2.24) is 0 Å². The lowest BCUT2D eigenvalue weighted by Gasteiger charge is -2.10. The summed E-state index contributed by atoms with van der Waals surface area (Å²) in [6.45, 7) is 0. The van der Waals surface area contributed by atoms with E-state index in [1.165, 1.54) is 0 Å². The van der Waals surface area contributed by atoms with E-state index in [2.05, 4.69) is 17.9 Å². The van der Waals surface area contributed by atoms with E-state index in [9.17, 15) is 4.79 Å². The van der Waals surface area contributed by atoms with Crippen molar-refractivity contribution in [1.29, 1.82) is 5.26 Å². The maximum absolute atomic E-state index is 11.4. The maximum atomic E-state index is 11.4. The zero-order valence-corrected chi connectivity index (χ0v) is 8.87. The normalized spacial score (nSPS) is 11.5. The molecule has 0 bridgehead atoms. The Balaban J connectivity index is 2.81. The van der Waals surface area contributed by atoms with Gasteiger partial charge in [0.05, 0.1) is 17.3 Å². The van der Waals surface area contributed by atoms with Crippen molar-refractivity contribution in [3.8, 4) is 6.07 Å². The average Bonchev–Trinajstić information content (AvgIpc) is 2.28. The van der Waals surface area contributed by atoms with Gasteiger partial charge in [-0.15, -0.1) is 0 Å². The van der Waals surface area contributed by atoms with Gasteiger partial charge in [-0.05, 0) is 12.1 Å². The van der Waals surface area contributed by atoms with Gasteiger partial charge in [-0.25, -0.2) is 0 Å². The molecule has 4 nitrogen and oxygen atoms in total. The molecule has 1 atom stereocenters. The zero-order valence-electron chi connectivity index (χ0n) is 7.97. The summed E-state index contributed by atoms with van der Waals surface area (Å²) in [5.74, 6) is -0.0757. The number of carbonyl (C=O) groups is 1. The van der Waals surface area contributed by atoms with Crippen LogP contribution in [0.5, 0.6) is 0 Å². The number of hydrogen-bond donors (Lipinski definition) is 3. The Kier molecular flexibility index (Phi) is 4.16. The molecule has 1 aromatic carbocycles. The molecule has 0 radical (unpaired) electrons. The molecule has 0 aliphatic heterocycles. The molecule has 1 unspecified atom stereocenters. The first kappa shape index (κ1) is 11.6. The van der Waals surface area contributed by atoms with Gasteiger partial charge in [0, 0.05) is 5.75 Å². The summed E-state index contributed by atoms with van der Waals surface area (Å²) < 4.78 is 0. The Morgan fingerprint density at radius 1 is 1.60 bits per heavy atom. The molecule has 15 heavy (non-hydrogen) atoms. The number of nitrogens with one attached hydrogen (secondary N) is 1. The molecular weight excluding hydrogens is 210 g/mol. The summed E-state index contributed by atoms with van der Waals surface area (Å²) in [6, 6.07) is 8.07. The number of benzene rings is 1. The van der Waals surface area contributed by atoms with Gasteiger partial charge < -0.3 is 11.1 Å². The number of rotatable bonds is 3. The maximum Gasteiger partial charge on any atom is 0.242 e. The number of amides is 1. The molecule has 1 aromatic rings. The Hall–Kier alpha value is -1.51. The highest BCUT2D eigenvalue weighted by molar-refractivity contribution is 7.80. The summed E-state index contributed by atoms with van der Waals surface area (Å²) in [5, 5.41) is 11.4. The molecule has 0 saturated carbocycles. The van der Waals surface area contributed by atoms with E-state index >= 15 is 0 Å². The number of nitriles is 1. The number of anilines is 1. The monoisotopic (exact) mass is 221 g/mol. The first-order valence-corrected chi connectivity index (χ1v) is 4.98. The second-order valence-electron chi connectivity index (χ2n) is 2.94. The first-order valence-electron chi connectivity index (χ1n) is 4.35. The van der Waals surface area contributed by atoms with E-state index < -0.39 is 6.04 Å². The van der Waals surface area contributed by atoms with Crippen LogP contribution in [0.1, 0.15) is 5.56 Å². The Bertz CT molecular complexity index is 400. The summed E-state index contributed by atoms with van der Waals surface area (Å²) in [4.78, 5) is 11.4. The van der Waals surface area contributed by atoms with Gasteiger partial charge in [0.15, 0.2) is 0 Å². The molecule has 0 spiro atoms. The molecule has 0 aromatic heterocycles. The number of nitrogens with zero attached hydrogens (tertiary/aromatic N) is 1. The second-order valence-corrected chi connectivity index (χ2v) is 3.30. The molecule has 0 aliphatic carbocycles. The molecule has 0 heterocycles. The predicted molar refractivity (Wildman–Crippen MR) is 61.6 cm³/mol. The Morgan fingerprint density at radius 3 is 2.87 bits per heavy atom. The first-order chi connectivity index (χ1) is 7.19. The summed E-state index contributed by atoms with van der Waals surface area (Å²) in [7, 11) is 0. The lowest BCUT2D eigenvalue weighted by molar-refractivity contribution is -0.116. The van der Waals surface area contributed by atoms with Gasteiger partial charge in [0.25, 0.3) is 0 Å². The van der Waals surface area contributed by atoms with E-state index in [1.807, 2.05) is 6.07 Å². The minimum Gasteiger partial charge on any atom is -0.324 e. The second kappa shape index (κ2) is 5.39. The van der Waals surface area contributed by atoms with Crippen molar-refractivity contribution in [3.63, 3.8) is 0 Å². The zero-order chi connectivity index (χ0) is 11.3. The van der Waals surface area contributed by atoms with Gasteiger partial charge in [0.2, 0.25) is 5.91 Å². The lowest BCUT2D eigenvalue weighted by Crippen LogP contribution is -2.37. The van der Waals surface area contributed by atoms with E-state index in [0.29, 0.717) is 11.3 Å². The predicted octanol–water partition coefficient (Wildman–Crippen LogP) is 0.754. The molecule has 3 N–H and O–H groups in total. The Morgan fingerprint density at radius 2 is 2.27 bits per heavy atom. The molecule has 0 aliphatic rings. The van der Waals surface area contributed by atoms with E-state index in [1.54, 1.807) is 24.3 Å². The van der Waals surface area contributed by atoms with Gasteiger partial charge in [-0.1, -0.05) is 12.1 Å². The van der Waals surface area contributed by atoms with Crippen LogP contribution in [0.2, 0.25) is 0 Å².